The van der Waals surface area contributed by atoms with Crippen molar-refractivity contribution in [2.24, 2.45) is 5.41 Å². The maximum absolute atomic E-state index is 13.7. The summed E-state index contributed by atoms with van der Waals surface area (Å²) in [5.74, 6) is -1.95. The van der Waals surface area contributed by atoms with Gasteiger partial charge in [-0.3, -0.25) is 19.2 Å². The molecule has 0 amide bonds. The molecule has 10 nitrogen and oxygen atoms in total. The fourth-order valence-corrected chi connectivity index (χ4v) is 10.5. The summed E-state index contributed by atoms with van der Waals surface area (Å²) in [7, 11) is 0. The highest BCUT2D eigenvalue weighted by Gasteiger charge is 2.53. The minimum Gasteiger partial charge on any atom is -0.481 e. The van der Waals surface area contributed by atoms with Gasteiger partial charge < -0.3 is 20.8 Å². The average molecular weight is 691 g/mol. The number of carboxylic acid groups (broad SMARTS) is 2. The Labute approximate surface area is 296 Å². The lowest BCUT2D eigenvalue weighted by Crippen LogP contribution is -2.63. The maximum atomic E-state index is 13.7. The quantitative estimate of drug-likeness (QED) is 0.192. The summed E-state index contributed by atoms with van der Waals surface area (Å²) in [6, 6.07) is 10.8. The lowest BCUT2D eigenvalue weighted by atomic mass is 9.57. The van der Waals surface area contributed by atoms with E-state index in [0.717, 1.165) is 0 Å². The fourth-order valence-electron chi connectivity index (χ4n) is 10.5. The predicted octanol–water partition coefficient (Wildman–Crippen LogP) is 6.14. The largest absolute Gasteiger partial charge is 0.481 e. The van der Waals surface area contributed by atoms with Crippen molar-refractivity contribution in [3.8, 4) is 0 Å². The van der Waals surface area contributed by atoms with Crippen LogP contribution in [0.25, 0.3) is 0 Å². The number of rotatable bonds is 13. The Hall–Kier alpha value is -3.50. The third-order valence-electron chi connectivity index (χ3n) is 11.0. The Morgan fingerprint density at radius 3 is 1.38 bits per heavy atom. The molecule has 4 heterocycles. The first-order valence-electron chi connectivity index (χ1n) is 18.0. The Morgan fingerprint density at radius 1 is 0.660 bits per heavy atom. The second-order valence-corrected chi connectivity index (χ2v) is 18.0. The van der Waals surface area contributed by atoms with Gasteiger partial charge in [0, 0.05) is 62.9 Å². The van der Waals surface area contributed by atoms with Gasteiger partial charge >= 0.3 is 11.9 Å². The first-order valence-corrected chi connectivity index (χ1v) is 18.0. The summed E-state index contributed by atoms with van der Waals surface area (Å²) in [5.41, 5.74) is -3.64. The lowest BCUT2D eigenvalue weighted by Gasteiger charge is -2.54. The summed E-state index contributed by atoms with van der Waals surface area (Å²) < 4.78 is 0. The molecular formula is C40H58N4O6. The standard InChI is InChI=1S/C40H58N4O6/c1-34(2)24-39(25-35(3,4)43-34,28-14-9-11-22-41-31(28)47)20-18-38(33(49)50,17-13-16-30(45)46)19-21-40(29-15-10-12-23-42-32(29)48)26-36(5,6)44-37(7,8)27-40/h9-12,14-15,22-23,43-44H,13,16-21,24-27H2,1-8H3,(H,45,46)(H,49,50). The number of hydrogen-bond donors (Lipinski definition) is 4. The zero-order valence-electron chi connectivity index (χ0n) is 31.3. The summed E-state index contributed by atoms with van der Waals surface area (Å²) >= 11 is 0. The molecule has 0 atom stereocenters. The molecule has 2 aliphatic heterocycles. The second-order valence-electron chi connectivity index (χ2n) is 18.0. The fraction of sp³-hybridized carbons (Fsp3) is 0.650. The highest BCUT2D eigenvalue weighted by Crippen LogP contribution is 2.52. The summed E-state index contributed by atoms with van der Waals surface area (Å²) in [6.07, 6.45) is 6.86. The van der Waals surface area contributed by atoms with E-state index in [2.05, 4.69) is 76.0 Å². The van der Waals surface area contributed by atoms with Gasteiger partial charge in [-0.2, -0.15) is 0 Å². The van der Waals surface area contributed by atoms with Gasteiger partial charge in [-0.1, -0.05) is 24.3 Å². The van der Waals surface area contributed by atoms with Crippen LogP contribution in [0.2, 0.25) is 0 Å². The van der Waals surface area contributed by atoms with Crippen LogP contribution in [-0.2, 0) is 20.4 Å². The maximum Gasteiger partial charge on any atom is 0.309 e. The van der Waals surface area contributed by atoms with Crippen LogP contribution in [0.15, 0.2) is 58.4 Å². The lowest BCUT2D eigenvalue weighted by molar-refractivity contribution is -0.152. The highest BCUT2D eigenvalue weighted by atomic mass is 16.4. The van der Waals surface area contributed by atoms with E-state index in [0.29, 0.717) is 49.7 Å². The van der Waals surface area contributed by atoms with Crippen molar-refractivity contribution in [2.75, 3.05) is 0 Å². The normalized spacial score (nSPS) is 21.5. The van der Waals surface area contributed by atoms with Crippen molar-refractivity contribution < 1.29 is 19.8 Å². The Morgan fingerprint density at radius 2 is 1.04 bits per heavy atom. The van der Waals surface area contributed by atoms with Gasteiger partial charge in [0.15, 0.2) is 0 Å². The number of nitrogens with one attached hydrogen (secondary N) is 2. The molecule has 4 N–H and O–H groups in total. The van der Waals surface area contributed by atoms with E-state index in [1.165, 1.54) is 12.4 Å². The first-order chi connectivity index (χ1) is 23.0. The molecule has 2 saturated heterocycles. The molecule has 10 heteroatoms. The molecule has 0 bridgehead atoms. The van der Waals surface area contributed by atoms with E-state index in [1.54, 1.807) is 12.1 Å². The van der Waals surface area contributed by atoms with Gasteiger partial charge in [-0.05, 0) is 132 Å². The SMILES string of the molecule is CC1(C)CC(CCC(CCCC(=O)O)(CCC2(c3ccccnc3=O)CC(C)(C)NC(C)(C)C2)C(=O)O)(c2ccccnc2=O)CC(C)(C)N1. The van der Waals surface area contributed by atoms with E-state index in [4.69, 9.17) is 0 Å². The van der Waals surface area contributed by atoms with E-state index < -0.39 is 28.2 Å². The number of aliphatic carboxylic acids is 2. The predicted molar refractivity (Wildman–Crippen MR) is 195 cm³/mol. The molecule has 0 aromatic carbocycles. The van der Waals surface area contributed by atoms with Gasteiger partial charge in [0.1, 0.15) is 0 Å². The number of nitrogens with zero attached hydrogens (tertiary/aromatic N) is 2. The van der Waals surface area contributed by atoms with Crippen LogP contribution < -0.4 is 21.8 Å². The smallest absolute Gasteiger partial charge is 0.309 e. The third kappa shape index (κ3) is 9.23. The van der Waals surface area contributed by atoms with Crippen molar-refractivity contribution in [3.05, 3.63) is 80.6 Å². The highest BCUT2D eigenvalue weighted by molar-refractivity contribution is 5.75. The molecule has 0 radical (unpaired) electrons. The zero-order chi connectivity index (χ0) is 37.2. The average Bonchev–Trinajstić information content (AvgIpc) is 3.30. The molecule has 2 aromatic rings. The van der Waals surface area contributed by atoms with Gasteiger partial charge in [-0.25, -0.2) is 9.97 Å². The van der Waals surface area contributed by atoms with E-state index in [-0.39, 0.29) is 65.4 Å². The minimum atomic E-state index is -1.31. The Bertz CT molecular complexity index is 1550. The van der Waals surface area contributed by atoms with Crippen molar-refractivity contribution in [1.82, 2.24) is 20.6 Å². The zero-order valence-corrected chi connectivity index (χ0v) is 31.3. The number of piperidine rings is 2. The summed E-state index contributed by atoms with van der Waals surface area (Å²) in [6.45, 7) is 16.9. The monoisotopic (exact) mass is 690 g/mol. The minimum absolute atomic E-state index is 0.147. The van der Waals surface area contributed by atoms with Gasteiger partial charge in [-0.15, -0.1) is 0 Å². The molecule has 2 aromatic heterocycles. The van der Waals surface area contributed by atoms with Crippen molar-refractivity contribution in [3.63, 3.8) is 0 Å². The van der Waals surface area contributed by atoms with Crippen LogP contribution in [0.4, 0.5) is 0 Å². The molecule has 4 rings (SSSR count). The van der Waals surface area contributed by atoms with Crippen LogP contribution in [0, 0.1) is 5.41 Å². The molecule has 0 unspecified atom stereocenters. The molecule has 2 fully saturated rings. The van der Waals surface area contributed by atoms with Gasteiger partial charge in [0.2, 0.25) is 0 Å². The van der Waals surface area contributed by atoms with Gasteiger partial charge in [0.05, 0.1) is 5.41 Å². The number of carbonyl (C=O) groups is 2. The Kier molecular flexibility index (Phi) is 11.2. The molecule has 0 saturated carbocycles. The van der Waals surface area contributed by atoms with Crippen LogP contribution in [0.5, 0.6) is 0 Å². The third-order valence-corrected chi connectivity index (χ3v) is 11.0. The van der Waals surface area contributed by atoms with Crippen molar-refractivity contribution in [2.45, 2.75) is 159 Å². The van der Waals surface area contributed by atoms with Crippen molar-refractivity contribution >= 4 is 11.9 Å². The molecule has 0 aliphatic carbocycles. The number of hydrogen-bond acceptors (Lipinski definition) is 8. The summed E-state index contributed by atoms with van der Waals surface area (Å²) in [5, 5.41) is 28.3. The topological polar surface area (TPSA) is 159 Å². The number of aromatic nitrogens is 2. The molecule has 274 valence electrons. The van der Waals surface area contributed by atoms with Crippen molar-refractivity contribution in [1.29, 1.82) is 0 Å². The van der Waals surface area contributed by atoms with E-state index in [9.17, 15) is 29.4 Å². The molecule has 50 heavy (non-hydrogen) atoms. The Balaban J connectivity index is 1.85. The van der Waals surface area contributed by atoms with Crippen LogP contribution in [-0.4, -0.2) is 54.3 Å². The molecule has 2 aliphatic rings. The molecular weight excluding hydrogens is 632 g/mol. The molecule has 0 spiro atoms. The van der Waals surface area contributed by atoms with Crippen LogP contribution in [0.3, 0.4) is 0 Å². The van der Waals surface area contributed by atoms with Crippen LogP contribution in [0.1, 0.15) is 137 Å². The number of carboxylic acids is 2. The second kappa shape index (κ2) is 14.3. The first kappa shape index (κ1) is 39.3. The van der Waals surface area contributed by atoms with E-state index >= 15 is 0 Å². The summed E-state index contributed by atoms with van der Waals surface area (Å²) in [4.78, 5) is 61.0. The van der Waals surface area contributed by atoms with Crippen LogP contribution >= 0.6 is 0 Å². The van der Waals surface area contributed by atoms with Gasteiger partial charge in [0.25, 0.3) is 11.1 Å². The van der Waals surface area contributed by atoms with E-state index in [1.807, 2.05) is 24.3 Å².